The van der Waals surface area contributed by atoms with E-state index in [4.69, 9.17) is 5.73 Å². The van der Waals surface area contributed by atoms with Crippen LogP contribution in [0.4, 0.5) is 13.2 Å². The first-order chi connectivity index (χ1) is 7.79. The molecular weight excluding hydrogens is 227 g/mol. The Kier molecular flexibility index (Phi) is 4.34. The Morgan fingerprint density at radius 1 is 1.29 bits per heavy atom. The van der Waals surface area contributed by atoms with Crippen LogP contribution in [0.2, 0.25) is 0 Å². The van der Waals surface area contributed by atoms with E-state index in [0.29, 0.717) is 12.8 Å². The van der Waals surface area contributed by atoms with Gasteiger partial charge in [-0.2, -0.15) is 13.2 Å². The van der Waals surface area contributed by atoms with E-state index in [0.717, 1.165) is 23.3 Å². The maximum atomic E-state index is 12.3. The summed E-state index contributed by atoms with van der Waals surface area (Å²) in [7, 11) is 0. The molecule has 1 aromatic carbocycles. The van der Waals surface area contributed by atoms with E-state index >= 15 is 0 Å². The number of rotatable bonds is 4. The van der Waals surface area contributed by atoms with Crippen molar-refractivity contribution in [3.63, 3.8) is 0 Å². The molecule has 0 fully saturated rings. The predicted octanol–water partition coefficient (Wildman–Crippen LogP) is 3.54. The molecule has 0 aliphatic rings. The summed E-state index contributed by atoms with van der Waals surface area (Å²) in [6, 6.07) is 5.03. The second-order valence-electron chi connectivity index (χ2n) is 4.32. The van der Waals surface area contributed by atoms with E-state index in [1.165, 1.54) is 12.1 Å². The van der Waals surface area contributed by atoms with Crippen LogP contribution in [0.5, 0.6) is 0 Å². The quantitative estimate of drug-likeness (QED) is 0.804. The lowest BCUT2D eigenvalue weighted by Gasteiger charge is -2.12. The fourth-order valence-corrected chi connectivity index (χ4v) is 1.65. The molecule has 1 atom stereocenters. The van der Waals surface area contributed by atoms with E-state index in [1.54, 1.807) is 0 Å². The summed E-state index contributed by atoms with van der Waals surface area (Å²) < 4.78 is 37.0. The summed E-state index contributed by atoms with van der Waals surface area (Å²) in [6.07, 6.45) is -3.04. The van der Waals surface area contributed by atoms with Gasteiger partial charge in [0.05, 0.1) is 5.56 Å². The van der Waals surface area contributed by atoms with Gasteiger partial charge in [-0.25, -0.2) is 0 Å². The number of hydrogen-bond donors (Lipinski definition) is 1. The third-order valence-corrected chi connectivity index (χ3v) is 2.39. The number of hydrogen-bond acceptors (Lipinski definition) is 1. The van der Waals surface area contributed by atoms with Crippen LogP contribution in [-0.2, 0) is 12.6 Å². The standard InChI is InChI=1S/C13H16F3N/c1-9(2)7-12(17)8-10-3-5-11(6-4-10)13(14,15)16/h3-6,12H,1,7-8,17H2,2H3. The highest BCUT2D eigenvalue weighted by Crippen LogP contribution is 2.29. The molecular formula is C13H16F3N. The highest BCUT2D eigenvalue weighted by atomic mass is 19.4. The molecule has 2 N–H and O–H groups in total. The number of nitrogens with two attached hydrogens (primary N) is 1. The first-order valence-corrected chi connectivity index (χ1v) is 5.35. The van der Waals surface area contributed by atoms with Gasteiger partial charge in [-0.1, -0.05) is 17.7 Å². The van der Waals surface area contributed by atoms with E-state index < -0.39 is 11.7 Å². The molecule has 0 aromatic heterocycles. The fraction of sp³-hybridized carbons (Fsp3) is 0.385. The second kappa shape index (κ2) is 5.36. The number of benzene rings is 1. The monoisotopic (exact) mass is 243 g/mol. The Morgan fingerprint density at radius 3 is 2.24 bits per heavy atom. The summed E-state index contributed by atoms with van der Waals surface area (Å²) in [5.74, 6) is 0. The van der Waals surface area contributed by atoms with Crippen molar-refractivity contribution in [3.8, 4) is 0 Å². The molecule has 0 aliphatic carbocycles. The van der Waals surface area contributed by atoms with Crippen molar-refractivity contribution in [1.29, 1.82) is 0 Å². The van der Waals surface area contributed by atoms with Gasteiger partial charge in [0.1, 0.15) is 0 Å². The molecule has 1 unspecified atom stereocenters. The highest BCUT2D eigenvalue weighted by Gasteiger charge is 2.29. The van der Waals surface area contributed by atoms with Crippen LogP contribution in [0.3, 0.4) is 0 Å². The zero-order chi connectivity index (χ0) is 13.1. The molecule has 0 aliphatic heterocycles. The third-order valence-electron chi connectivity index (χ3n) is 2.39. The van der Waals surface area contributed by atoms with Crippen molar-refractivity contribution in [3.05, 3.63) is 47.5 Å². The largest absolute Gasteiger partial charge is 0.416 e. The Hall–Kier alpha value is -1.29. The number of halogens is 3. The van der Waals surface area contributed by atoms with Crippen molar-refractivity contribution in [2.24, 2.45) is 5.73 Å². The molecule has 4 heteroatoms. The van der Waals surface area contributed by atoms with Crippen LogP contribution >= 0.6 is 0 Å². The Bertz CT molecular complexity index is 379. The van der Waals surface area contributed by atoms with Crippen LogP contribution in [-0.4, -0.2) is 6.04 Å². The van der Waals surface area contributed by atoms with Crippen LogP contribution in [0.1, 0.15) is 24.5 Å². The molecule has 17 heavy (non-hydrogen) atoms. The van der Waals surface area contributed by atoms with Gasteiger partial charge in [0.2, 0.25) is 0 Å². The Balaban J connectivity index is 2.66. The lowest BCUT2D eigenvalue weighted by molar-refractivity contribution is -0.137. The molecule has 1 nitrogen and oxygen atoms in total. The van der Waals surface area contributed by atoms with E-state index in [2.05, 4.69) is 6.58 Å². The van der Waals surface area contributed by atoms with Crippen molar-refractivity contribution >= 4 is 0 Å². The SMILES string of the molecule is C=C(C)CC(N)Cc1ccc(C(F)(F)F)cc1. The van der Waals surface area contributed by atoms with Gasteiger partial charge in [-0.3, -0.25) is 0 Å². The molecule has 0 spiro atoms. The first-order valence-electron chi connectivity index (χ1n) is 5.35. The second-order valence-corrected chi connectivity index (χ2v) is 4.32. The summed E-state index contributed by atoms with van der Waals surface area (Å²) in [5, 5.41) is 0. The lowest BCUT2D eigenvalue weighted by Crippen LogP contribution is -2.22. The zero-order valence-electron chi connectivity index (χ0n) is 9.72. The van der Waals surface area contributed by atoms with Gasteiger partial charge in [-0.05, 0) is 37.5 Å². The average molecular weight is 243 g/mol. The molecule has 1 rings (SSSR count). The van der Waals surface area contributed by atoms with Crippen LogP contribution < -0.4 is 5.73 Å². The van der Waals surface area contributed by atoms with Crippen molar-refractivity contribution in [2.45, 2.75) is 32.0 Å². The van der Waals surface area contributed by atoms with Gasteiger partial charge < -0.3 is 5.73 Å². The van der Waals surface area contributed by atoms with E-state index in [1.807, 2.05) is 6.92 Å². The van der Waals surface area contributed by atoms with Crippen LogP contribution in [0.25, 0.3) is 0 Å². The van der Waals surface area contributed by atoms with Crippen molar-refractivity contribution in [2.75, 3.05) is 0 Å². The topological polar surface area (TPSA) is 26.0 Å². The zero-order valence-corrected chi connectivity index (χ0v) is 9.72. The molecule has 0 radical (unpaired) electrons. The summed E-state index contributed by atoms with van der Waals surface area (Å²) in [6.45, 7) is 5.64. The smallest absolute Gasteiger partial charge is 0.327 e. The molecule has 94 valence electrons. The molecule has 1 aromatic rings. The Morgan fingerprint density at radius 2 is 1.82 bits per heavy atom. The normalized spacial score (nSPS) is 13.5. The first kappa shape index (κ1) is 13.8. The van der Waals surface area contributed by atoms with Gasteiger partial charge in [0.15, 0.2) is 0 Å². The minimum atomic E-state index is -4.28. The van der Waals surface area contributed by atoms with E-state index in [-0.39, 0.29) is 6.04 Å². The highest BCUT2D eigenvalue weighted by molar-refractivity contribution is 5.25. The van der Waals surface area contributed by atoms with Gasteiger partial charge in [-0.15, -0.1) is 6.58 Å². The minimum absolute atomic E-state index is 0.0933. The third kappa shape index (κ3) is 4.61. The maximum absolute atomic E-state index is 12.3. The van der Waals surface area contributed by atoms with Crippen molar-refractivity contribution < 1.29 is 13.2 Å². The molecule has 0 heterocycles. The van der Waals surface area contributed by atoms with Crippen LogP contribution in [0.15, 0.2) is 36.4 Å². The molecule has 0 amide bonds. The van der Waals surface area contributed by atoms with Gasteiger partial charge in [0, 0.05) is 6.04 Å². The van der Waals surface area contributed by atoms with E-state index in [9.17, 15) is 13.2 Å². The summed E-state index contributed by atoms with van der Waals surface area (Å²) in [5.41, 5.74) is 7.01. The molecule has 0 saturated carbocycles. The summed E-state index contributed by atoms with van der Waals surface area (Å²) in [4.78, 5) is 0. The van der Waals surface area contributed by atoms with Crippen LogP contribution in [0, 0.1) is 0 Å². The molecule has 0 bridgehead atoms. The predicted molar refractivity (Wildman–Crippen MR) is 62.6 cm³/mol. The van der Waals surface area contributed by atoms with Gasteiger partial charge in [0.25, 0.3) is 0 Å². The molecule has 0 saturated heterocycles. The van der Waals surface area contributed by atoms with Crippen molar-refractivity contribution in [1.82, 2.24) is 0 Å². The summed E-state index contributed by atoms with van der Waals surface area (Å²) >= 11 is 0. The maximum Gasteiger partial charge on any atom is 0.416 e. The van der Waals surface area contributed by atoms with Gasteiger partial charge >= 0.3 is 6.18 Å². The fourth-order valence-electron chi connectivity index (χ4n) is 1.65. The minimum Gasteiger partial charge on any atom is -0.327 e. The average Bonchev–Trinajstić information content (AvgIpc) is 2.15. The Labute approximate surface area is 99.1 Å². The lowest BCUT2D eigenvalue weighted by atomic mass is 10.0. The number of alkyl halides is 3.